The van der Waals surface area contributed by atoms with E-state index in [0.717, 1.165) is 13.7 Å². The molecular formula is C13H10BrIN2O. The Hall–Kier alpha value is -1.08. The molecule has 5 heteroatoms. The van der Waals surface area contributed by atoms with Crippen LogP contribution in [0.5, 0.6) is 0 Å². The van der Waals surface area contributed by atoms with Gasteiger partial charge in [0.05, 0.1) is 5.69 Å². The third-order valence-electron chi connectivity index (χ3n) is 2.38. The van der Waals surface area contributed by atoms with Crippen molar-refractivity contribution in [2.75, 3.05) is 11.1 Å². The Kier molecular flexibility index (Phi) is 4.23. The number of amides is 1. The van der Waals surface area contributed by atoms with E-state index in [1.54, 1.807) is 18.2 Å². The van der Waals surface area contributed by atoms with Crippen molar-refractivity contribution in [1.82, 2.24) is 0 Å². The highest BCUT2D eigenvalue weighted by atomic mass is 127. The van der Waals surface area contributed by atoms with Crippen LogP contribution in [0.2, 0.25) is 0 Å². The van der Waals surface area contributed by atoms with Gasteiger partial charge in [0.1, 0.15) is 0 Å². The molecule has 0 saturated heterocycles. The smallest absolute Gasteiger partial charge is 0.255 e. The minimum Gasteiger partial charge on any atom is -0.398 e. The number of benzene rings is 2. The number of anilines is 2. The van der Waals surface area contributed by atoms with Gasteiger partial charge in [0.25, 0.3) is 5.91 Å². The summed E-state index contributed by atoms with van der Waals surface area (Å²) in [5.74, 6) is -0.168. The lowest BCUT2D eigenvalue weighted by Crippen LogP contribution is -2.13. The summed E-state index contributed by atoms with van der Waals surface area (Å²) in [6.45, 7) is 0. The zero-order valence-corrected chi connectivity index (χ0v) is 13.0. The number of carbonyl (C=O) groups is 1. The molecule has 18 heavy (non-hydrogen) atoms. The van der Waals surface area contributed by atoms with E-state index in [1.165, 1.54) is 0 Å². The van der Waals surface area contributed by atoms with Crippen molar-refractivity contribution >= 4 is 55.8 Å². The molecule has 0 aromatic heterocycles. The Morgan fingerprint density at radius 1 is 1.22 bits per heavy atom. The fourth-order valence-corrected chi connectivity index (χ4v) is 2.21. The van der Waals surface area contributed by atoms with E-state index in [1.807, 2.05) is 24.3 Å². The van der Waals surface area contributed by atoms with Crippen molar-refractivity contribution in [2.45, 2.75) is 0 Å². The molecule has 2 aromatic rings. The average Bonchev–Trinajstić information content (AvgIpc) is 2.35. The summed E-state index contributed by atoms with van der Waals surface area (Å²) in [4.78, 5) is 12.0. The number of para-hydroxylation sites is 1. The van der Waals surface area contributed by atoms with Crippen LogP contribution in [0.15, 0.2) is 46.9 Å². The molecule has 0 bridgehead atoms. The fraction of sp³-hybridized carbons (Fsp3) is 0. The molecule has 0 fully saturated rings. The second kappa shape index (κ2) is 5.71. The summed E-state index contributed by atoms with van der Waals surface area (Å²) >= 11 is 5.48. The molecule has 0 heterocycles. The van der Waals surface area contributed by atoms with Crippen LogP contribution in [0.4, 0.5) is 11.4 Å². The van der Waals surface area contributed by atoms with Gasteiger partial charge in [-0.05, 0) is 68.9 Å². The lowest BCUT2D eigenvalue weighted by atomic mass is 10.2. The number of nitrogens with one attached hydrogen (secondary N) is 1. The van der Waals surface area contributed by atoms with Crippen molar-refractivity contribution in [3.05, 3.63) is 56.1 Å². The minimum atomic E-state index is -0.168. The molecule has 92 valence electrons. The second-order valence-corrected chi connectivity index (χ2v) is 5.69. The van der Waals surface area contributed by atoms with Crippen LogP contribution in [0.3, 0.4) is 0 Å². The van der Waals surface area contributed by atoms with Gasteiger partial charge >= 0.3 is 0 Å². The highest BCUT2D eigenvalue weighted by Gasteiger charge is 2.09. The predicted molar refractivity (Wildman–Crippen MR) is 85.7 cm³/mol. The van der Waals surface area contributed by atoms with E-state index >= 15 is 0 Å². The molecule has 0 aliphatic rings. The van der Waals surface area contributed by atoms with Crippen LogP contribution in [0.1, 0.15) is 10.4 Å². The number of halogens is 2. The van der Waals surface area contributed by atoms with Gasteiger partial charge in [-0.25, -0.2) is 0 Å². The van der Waals surface area contributed by atoms with Crippen LogP contribution < -0.4 is 11.1 Å². The Morgan fingerprint density at radius 2 is 1.94 bits per heavy atom. The molecule has 0 saturated carbocycles. The first-order valence-corrected chi connectivity index (χ1v) is 7.06. The van der Waals surface area contributed by atoms with E-state index in [-0.39, 0.29) is 5.91 Å². The molecule has 3 nitrogen and oxygen atoms in total. The molecule has 0 radical (unpaired) electrons. The summed E-state index contributed by atoms with van der Waals surface area (Å²) in [7, 11) is 0. The maximum absolute atomic E-state index is 12.0. The Bertz CT molecular complexity index is 601. The summed E-state index contributed by atoms with van der Waals surface area (Å²) in [6.07, 6.45) is 0. The second-order valence-electron chi connectivity index (χ2n) is 3.67. The van der Waals surface area contributed by atoms with Gasteiger partial charge in [-0.15, -0.1) is 0 Å². The van der Waals surface area contributed by atoms with E-state index in [4.69, 9.17) is 5.73 Å². The number of carbonyl (C=O) groups excluding carboxylic acids is 1. The third-order valence-corrected chi connectivity index (χ3v) is 4.04. The molecule has 2 aromatic carbocycles. The zero-order valence-electron chi connectivity index (χ0n) is 9.28. The Morgan fingerprint density at radius 3 is 2.61 bits per heavy atom. The monoisotopic (exact) mass is 416 g/mol. The van der Waals surface area contributed by atoms with Crippen molar-refractivity contribution < 1.29 is 4.79 Å². The summed E-state index contributed by atoms with van der Waals surface area (Å²) in [5.41, 5.74) is 7.63. The maximum atomic E-state index is 12.0. The largest absolute Gasteiger partial charge is 0.398 e. The van der Waals surface area contributed by atoms with Crippen molar-refractivity contribution in [3.63, 3.8) is 0 Å². The molecule has 1 amide bonds. The van der Waals surface area contributed by atoms with E-state index in [0.29, 0.717) is 11.3 Å². The Balaban J connectivity index is 2.22. The quantitative estimate of drug-likeness (QED) is 0.576. The van der Waals surface area contributed by atoms with Gasteiger partial charge in [0.2, 0.25) is 0 Å². The van der Waals surface area contributed by atoms with Crippen LogP contribution in [-0.4, -0.2) is 5.91 Å². The molecule has 0 aliphatic heterocycles. The SMILES string of the molecule is Nc1cc(C(=O)Nc2ccccc2I)ccc1Br. The minimum absolute atomic E-state index is 0.168. The fourth-order valence-electron chi connectivity index (χ4n) is 1.44. The van der Waals surface area contributed by atoms with Crippen molar-refractivity contribution in [2.24, 2.45) is 0 Å². The van der Waals surface area contributed by atoms with E-state index in [2.05, 4.69) is 43.8 Å². The predicted octanol–water partition coefficient (Wildman–Crippen LogP) is 3.89. The number of nitrogen functional groups attached to an aromatic ring is 1. The average molecular weight is 417 g/mol. The van der Waals surface area contributed by atoms with Crippen molar-refractivity contribution in [1.29, 1.82) is 0 Å². The van der Waals surface area contributed by atoms with Gasteiger partial charge in [-0.2, -0.15) is 0 Å². The molecule has 0 atom stereocenters. The topological polar surface area (TPSA) is 55.1 Å². The summed E-state index contributed by atoms with van der Waals surface area (Å²) < 4.78 is 1.78. The lowest BCUT2D eigenvalue weighted by Gasteiger charge is -2.08. The molecular weight excluding hydrogens is 407 g/mol. The van der Waals surface area contributed by atoms with Crippen LogP contribution in [0, 0.1) is 3.57 Å². The first-order chi connectivity index (χ1) is 8.58. The molecule has 0 unspecified atom stereocenters. The normalized spacial score (nSPS) is 10.1. The van der Waals surface area contributed by atoms with Gasteiger partial charge in [-0.1, -0.05) is 12.1 Å². The van der Waals surface area contributed by atoms with Gasteiger partial charge in [-0.3, -0.25) is 4.79 Å². The van der Waals surface area contributed by atoms with Gasteiger partial charge < -0.3 is 11.1 Å². The van der Waals surface area contributed by atoms with Gasteiger partial charge in [0, 0.05) is 19.3 Å². The zero-order chi connectivity index (χ0) is 13.1. The highest BCUT2D eigenvalue weighted by molar-refractivity contribution is 14.1. The first-order valence-electron chi connectivity index (χ1n) is 5.19. The highest BCUT2D eigenvalue weighted by Crippen LogP contribution is 2.22. The van der Waals surface area contributed by atoms with E-state index < -0.39 is 0 Å². The van der Waals surface area contributed by atoms with Gasteiger partial charge in [0.15, 0.2) is 0 Å². The van der Waals surface area contributed by atoms with E-state index in [9.17, 15) is 4.79 Å². The summed E-state index contributed by atoms with van der Waals surface area (Å²) in [5, 5.41) is 2.86. The number of hydrogen-bond acceptors (Lipinski definition) is 2. The molecule has 0 spiro atoms. The first kappa shape index (κ1) is 13.4. The third kappa shape index (κ3) is 3.02. The lowest BCUT2D eigenvalue weighted by molar-refractivity contribution is 0.102. The van der Waals surface area contributed by atoms with Crippen LogP contribution >= 0.6 is 38.5 Å². The summed E-state index contributed by atoms with van der Waals surface area (Å²) in [6, 6.07) is 12.7. The molecule has 0 aliphatic carbocycles. The number of hydrogen-bond donors (Lipinski definition) is 2. The maximum Gasteiger partial charge on any atom is 0.255 e. The molecule has 3 N–H and O–H groups in total. The van der Waals surface area contributed by atoms with Crippen LogP contribution in [-0.2, 0) is 0 Å². The molecule has 2 rings (SSSR count). The van der Waals surface area contributed by atoms with Crippen LogP contribution in [0.25, 0.3) is 0 Å². The standard InChI is InChI=1S/C13H10BrIN2O/c14-9-6-5-8(7-11(9)16)13(18)17-12-4-2-1-3-10(12)15/h1-7H,16H2,(H,17,18). The Labute approximate surface area is 127 Å². The van der Waals surface area contributed by atoms with Crippen molar-refractivity contribution in [3.8, 4) is 0 Å². The number of rotatable bonds is 2. The number of nitrogens with two attached hydrogens (primary N) is 1.